The van der Waals surface area contributed by atoms with E-state index in [0.29, 0.717) is 24.7 Å². The minimum Gasteiger partial charge on any atom is -0.359 e. The lowest BCUT2D eigenvalue weighted by atomic mass is 10.1. The molecule has 0 unspecified atom stereocenters. The van der Waals surface area contributed by atoms with E-state index in [0.717, 1.165) is 23.5 Å². The van der Waals surface area contributed by atoms with E-state index in [1.54, 1.807) is 17.5 Å². The summed E-state index contributed by atoms with van der Waals surface area (Å²) in [4.78, 5) is 16.4. The molecule has 1 aliphatic rings. The third-order valence-corrected chi connectivity index (χ3v) is 5.30. The number of carbonyl (C=O) groups is 1. The monoisotopic (exact) mass is 366 g/mol. The summed E-state index contributed by atoms with van der Waals surface area (Å²) in [6, 6.07) is 6.80. The van der Waals surface area contributed by atoms with Crippen molar-refractivity contribution >= 4 is 32.4 Å². The topological polar surface area (TPSA) is 114 Å². The van der Waals surface area contributed by atoms with Gasteiger partial charge in [-0.3, -0.25) is 4.79 Å². The molecule has 1 saturated carbocycles. The van der Waals surface area contributed by atoms with Gasteiger partial charge in [0.1, 0.15) is 5.69 Å². The second-order valence-corrected chi connectivity index (χ2v) is 8.07. The summed E-state index contributed by atoms with van der Waals surface area (Å²) >= 11 is 1.43. The van der Waals surface area contributed by atoms with Crippen LogP contribution in [0.1, 0.15) is 28.9 Å². The number of benzene rings is 1. The smallest absolute Gasteiger partial charge is 0.270 e. The number of nitrogens with zero attached hydrogens (tertiary/aromatic N) is 1. The van der Waals surface area contributed by atoms with Crippen LogP contribution in [-0.4, -0.2) is 31.9 Å². The lowest BCUT2D eigenvalue weighted by Gasteiger charge is -2.05. The fourth-order valence-electron chi connectivity index (χ4n) is 2.10. The van der Waals surface area contributed by atoms with Gasteiger partial charge < -0.3 is 10.6 Å². The average Bonchev–Trinajstić information content (AvgIpc) is 3.22. The number of rotatable bonds is 7. The largest absolute Gasteiger partial charge is 0.359 e. The van der Waals surface area contributed by atoms with Crippen LogP contribution in [0.2, 0.25) is 0 Å². The van der Waals surface area contributed by atoms with Crippen LogP contribution in [0.3, 0.4) is 0 Å². The molecule has 3 rings (SSSR count). The number of thiazole rings is 1. The van der Waals surface area contributed by atoms with Gasteiger partial charge in [-0.15, -0.1) is 11.3 Å². The first-order valence-corrected chi connectivity index (χ1v) is 9.96. The lowest BCUT2D eigenvalue weighted by Crippen LogP contribution is -2.26. The first-order chi connectivity index (χ1) is 11.4. The van der Waals surface area contributed by atoms with Gasteiger partial charge in [0.05, 0.1) is 4.90 Å². The quantitative estimate of drug-likeness (QED) is 0.684. The van der Waals surface area contributed by atoms with Crippen molar-refractivity contribution in [2.75, 3.05) is 11.9 Å². The number of primary sulfonamides is 1. The number of nitrogens with one attached hydrogen (secondary N) is 2. The zero-order valence-corrected chi connectivity index (χ0v) is 14.5. The van der Waals surface area contributed by atoms with Crippen LogP contribution in [0, 0.1) is 0 Å². The molecule has 1 heterocycles. The minimum atomic E-state index is -3.67. The summed E-state index contributed by atoms with van der Waals surface area (Å²) in [6.07, 6.45) is 2.91. The van der Waals surface area contributed by atoms with Gasteiger partial charge in [0.2, 0.25) is 10.0 Å². The van der Waals surface area contributed by atoms with Gasteiger partial charge in [-0.1, -0.05) is 12.1 Å². The highest BCUT2D eigenvalue weighted by atomic mass is 32.2. The maximum Gasteiger partial charge on any atom is 0.270 e. The van der Waals surface area contributed by atoms with E-state index in [1.807, 2.05) is 0 Å². The molecule has 2 aromatic rings. The van der Waals surface area contributed by atoms with Gasteiger partial charge in [0.25, 0.3) is 5.91 Å². The molecular weight excluding hydrogens is 348 g/mol. The van der Waals surface area contributed by atoms with Crippen LogP contribution in [0.5, 0.6) is 0 Å². The van der Waals surface area contributed by atoms with Gasteiger partial charge in [-0.05, 0) is 37.0 Å². The number of hydrogen-bond donors (Lipinski definition) is 3. The SMILES string of the molecule is NS(=O)(=O)c1ccc(CCNC(=O)c2csc(NC3CC3)n2)cc1. The van der Waals surface area contributed by atoms with Gasteiger partial charge in [-0.2, -0.15) is 0 Å². The molecule has 1 aromatic carbocycles. The van der Waals surface area contributed by atoms with Gasteiger partial charge in [0.15, 0.2) is 5.13 Å². The molecule has 0 atom stereocenters. The first-order valence-electron chi connectivity index (χ1n) is 7.54. The van der Waals surface area contributed by atoms with Crippen LogP contribution in [0.4, 0.5) is 5.13 Å². The van der Waals surface area contributed by atoms with Crippen molar-refractivity contribution in [2.45, 2.75) is 30.2 Å². The standard InChI is InChI=1S/C15H18N4O3S2/c16-24(21,22)12-5-1-10(2-6-12)7-8-17-14(20)13-9-23-15(19-13)18-11-3-4-11/h1-2,5-6,9,11H,3-4,7-8H2,(H,17,20)(H,18,19)(H2,16,21,22). The summed E-state index contributed by atoms with van der Waals surface area (Å²) in [5.74, 6) is -0.212. The molecule has 0 bridgehead atoms. The van der Waals surface area contributed by atoms with Crippen molar-refractivity contribution in [1.82, 2.24) is 10.3 Å². The van der Waals surface area contributed by atoms with E-state index in [4.69, 9.17) is 5.14 Å². The summed E-state index contributed by atoms with van der Waals surface area (Å²) in [5.41, 5.74) is 1.32. The fraction of sp³-hybridized carbons (Fsp3) is 0.333. The van der Waals surface area contributed by atoms with E-state index in [1.165, 1.54) is 23.5 Å². The predicted molar refractivity (Wildman–Crippen MR) is 92.6 cm³/mol. The Labute approximate surface area is 144 Å². The Morgan fingerprint density at radius 2 is 2.00 bits per heavy atom. The van der Waals surface area contributed by atoms with Crippen LogP contribution < -0.4 is 15.8 Å². The van der Waals surface area contributed by atoms with Crippen LogP contribution in [0.15, 0.2) is 34.5 Å². The van der Waals surface area contributed by atoms with Gasteiger partial charge >= 0.3 is 0 Å². The van der Waals surface area contributed by atoms with Crippen molar-refractivity contribution in [1.29, 1.82) is 0 Å². The Balaban J connectivity index is 1.48. The van der Waals surface area contributed by atoms with Crippen molar-refractivity contribution in [3.8, 4) is 0 Å². The Morgan fingerprint density at radius 1 is 1.29 bits per heavy atom. The van der Waals surface area contributed by atoms with Crippen molar-refractivity contribution in [2.24, 2.45) is 5.14 Å². The normalized spacial score (nSPS) is 14.4. The molecule has 0 saturated heterocycles. The van der Waals surface area contributed by atoms with Crippen LogP contribution >= 0.6 is 11.3 Å². The number of nitrogens with two attached hydrogens (primary N) is 1. The van der Waals surface area contributed by atoms with Crippen LogP contribution in [0.25, 0.3) is 0 Å². The molecule has 1 aromatic heterocycles. The van der Waals surface area contributed by atoms with Crippen molar-refractivity contribution in [3.05, 3.63) is 40.9 Å². The molecule has 0 radical (unpaired) electrons. The minimum absolute atomic E-state index is 0.0773. The van der Waals surface area contributed by atoms with E-state index < -0.39 is 10.0 Å². The number of hydrogen-bond acceptors (Lipinski definition) is 6. The number of amides is 1. The molecular formula is C15H18N4O3S2. The summed E-state index contributed by atoms with van der Waals surface area (Å²) in [5, 5.41) is 13.6. The fourth-order valence-corrected chi connectivity index (χ4v) is 3.39. The highest BCUT2D eigenvalue weighted by Crippen LogP contribution is 2.26. The second-order valence-electron chi connectivity index (χ2n) is 5.65. The number of carbonyl (C=O) groups excluding carboxylic acids is 1. The first kappa shape index (κ1) is 16.9. The maximum atomic E-state index is 12.0. The lowest BCUT2D eigenvalue weighted by molar-refractivity contribution is 0.0950. The molecule has 0 aliphatic heterocycles. The summed E-state index contributed by atoms with van der Waals surface area (Å²) < 4.78 is 22.4. The number of anilines is 1. The molecule has 9 heteroatoms. The number of sulfonamides is 1. The molecule has 0 spiro atoms. The molecule has 1 aliphatic carbocycles. The Kier molecular flexibility index (Phi) is 4.83. The van der Waals surface area contributed by atoms with Gasteiger partial charge in [0, 0.05) is 18.0 Å². The molecule has 4 N–H and O–H groups in total. The molecule has 1 amide bonds. The highest BCUT2D eigenvalue weighted by molar-refractivity contribution is 7.89. The van der Waals surface area contributed by atoms with E-state index >= 15 is 0 Å². The zero-order chi connectivity index (χ0) is 17.2. The third-order valence-electron chi connectivity index (χ3n) is 3.59. The zero-order valence-electron chi connectivity index (χ0n) is 12.9. The highest BCUT2D eigenvalue weighted by Gasteiger charge is 2.22. The number of aromatic nitrogens is 1. The predicted octanol–water partition coefficient (Wildman–Crippen LogP) is 1.34. The van der Waals surface area contributed by atoms with E-state index in [-0.39, 0.29) is 10.8 Å². The third kappa shape index (κ3) is 4.53. The second kappa shape index (κ2) is 6.88. The van der Waals surface area contributed by atoms with E-state index in [2.05, 4.69) is 15.6 Å². The van der Waals surface area contributed by atoms with E-state index in [9.17, 15) is 13.2 Å². The average molecular weight is 366 g/mol. The Bertz CT molecular complexity index is 827. The summed E-state index contributed by atoms with van der Waals surface area (Å²) in [7, 11) is -3.67. The Hall–Kier alpha value is -1.97. The maximum absolute atomic E-state index is 12.0. The van der Waals surface area contributed by atoms with Crippen molar-refractivity contribution in [3.63, 3.8) is 0 Å². The molecule has 1 fully saturated rings. The molecule has 7 nitrogen and oxygen atoms in total. The Morgan fingerprint density at radius 3 is 2.62 bits per heavy atom. The van der Waals surface area contributed by atoms with Gasteiger partial charge in [-0.25, -0.2) is 18.5 Å². The van der Waals surface area contributed by atoms with Crippen LogP contribution in [-0.2, 0) is 16.4 Å². The van der Waals surface area contributed by atoms with Crippen molar-refractivity contribution < 1.29 is 13.2 Å². The molecule has 24 heavy (non-hydrogen) atoms. The summed E-state index contributed by atoms with van der Waals surface area (Å²) in [6.45, 7) is 0.441. The molecule has 128 valence electrons.